The molecule has 0 bridgehead atoms. The highest BCUT2D eigenvalue weighted by atomic mass is 16.5. The summed E-state index contributed by atoms with van der Waals surface area (Å²) in [4.78, 5) is 42.5. The molecule has 3 rings (SSSR count). The maximum atomic E-state index is 12.1. The van der Waals surface area contributed by atoms with Crippen LogP contribution in [-0.4, -0.2) is 75.9 Å². The van der Waals surface area contributed by atoms with Crippen molar-refractivity contribution in [3.05, 3.63) is 12.7 Å². The Labute approximate surface area is 204 Å². The molecular formula is C22H35N9O4. The summed E-state index contributed by atoms with van der Waals surface area (Å²) in [5.41, 5.74) is 12.1. The Hall–Kier alpha value is -3.64. The Morgan fingerprint density at radius 1 is 1.23 bits per heavy atom. The smallest absolute Gasteiger partial charge is 0.407 e. The molecule has 6 N–H and O–H groups in total. The Morgan fingerprint density at radius 3 is 2.60 bits per heavy atom. The van der Waals surface area contributed by atoms with Crippen LogP contribution >= 0.6 is 0 Å². The van der Waals surface area contributed by atoms with Crippen LogP contribution in [0.4, 0.5) is 10.6 Å². The molecule has 1 fully saturated rings. The normalized spacial score (nSPS) is 18.6. The summed E-state index contributed by atoms with van der Waals surface area (Å²) in [6.45, 7) is 1.39. The van der Waals surface area contributed by atoms with Crippen molar-refractivity contribution in [2.24, 2.45) is 28.3 Å². The molecule has 0 aromatic carbocycles. The van der Waals surface area contributed by atoms with Gasteiger partial charge in [0, 0.05) is 27.2 Å². The fourth-order valence-electron chi connectivity index (χ4n) is 4.33. The summed E-state index contributed by atoms with van der Waals surface area (Å²) >= 11 is 0. The monoisotopic (exact) mass is 489 g/mol. The molecule has 0 unspecified atom stereocenters. The Morgan fingerprint density at radius 2 is 1.94 bits per heavy atom. The third kappa shape index (κ3) is 7.42. The first-order chi connectivity index (χ1) is 16.7. The van der Waals surface area contributed by atoms with Crippen molar-refractivity contribution in [3.63, 3.8) is 0 Å². The van der Waals surface area contributed by atoms with Crippen molar-refractivity contribution in [1.82, 2.24) is 24.8 Å². The molecule has 13 nitrogen and oxygen atoms in total. The molecule has 1 atom stereocenters. The summed E-state index contributed by atoms with van der Waals surface area (Å²) < 4.78 is 7.40. The highest BCUT2D eigenvalue weighted by molar-refractivity contribution is 5.83. The minimum absolute atomic E-state index is 0.0511. The van der Waals surface area contributed by atoms with E-state index in [9.17, 15) is 14.7 Å². The number of imidazole rings is 1. The minimum Gasteiger partial charge on any atom is -0.480 e. The van der Waals surface area contributed by atoms with Gasteiger partial charge < -0.3 is 36.1 Å². The number of carboxylic acids is 1. The van der Waals surface area contributed by atoms with Gasteiger partial charge >= 0.3 is 12.1 Å². The van der Waals surface area contributed by atoms with Gasteiger partial charge in [0.1, 0.15) is 12.4 Å². The number of carboxylic acid groups (broad SMARTS) is 1. The number of nitrogens with one attached hydrogen (secondary N) is 1. The van der Waals surface area contributed by atoms with Crippen molar-refractivity contribution in [3.8, 4) is 0 Å². The Bertz CT molecular complexity index is 1030. The van der Waals surface area contributed by atoms with Crippen LogP contribution in [-0.2, 0) is 16.1 Å². The van der Waals surface area contributed by atoms with E-state index in [-0.39, 0.29) is 24.9 Å². The molecule has 13 heteroatoms. The van der Waals surface area contributed by atoms with E-state index in [0.29, 0.717) is 18.9 Å². The number of guanidine groups is 1. The lowest BCUT2D eigenvalue weighted by atomic mass is 9.82. The number of nitrogens with zero attached hydrogens (tertiary/aromatic N) is 6. The van der Waals surface area contributed by atoms with Crippen molar-refractivity contribution in [2.45, 2.75) is 51.1 Å². The largest absolute Gasteiger partial charge is 0.480 e. The molecule has 0 spiro atoms. The SMILES string of the molecule is CN(C)c1ncnc2c1ncn2CC1CCC(COC(=O)N[C@H](CCCN=C(N)N)C(=O)O)CC1. The average Bonchev–Trinajstić information content (AvgIpc) is 3.23. The van der Waals surface area contributed by atoms with E-state index in [1.165, 1.54) is 0 Å². The molecule has 0 saturated heterocycles. The molecule has 0 radical (unpaired) electrons. The zero-order chi connectivity index (χ0) is 25.4. The van der Waals surface area contributed by atoms with Crippen molar-refractivity contribution >= 4 is 35.0 Å². The molecule has 2 aromatic rings. The number of fused-ring (bicyclic) bond motifs is 1. The van der Waals surface area contributed by atoms with Gasteiger partial charge in [-0.2, -0.15) is 0 Å². The van der Waals surface area contributed by atoms with Crippen LogP contribution in [0, 0.1) is 11.8 Å². The summed E-state index contributed by atoms with van der Waals surface area (Å²) in [6.07, 6.45) is 7.17. The molecule has 1 aliphatic rings. The van der Waals surface area contributed by atoms with Gasteiger partial charge in [0.2, 0.25) is 0 Å². The molecule has 35 heavy (non-hydrogen) atoms. The molecule has 192 valence electrons. The van der Waals surface area contributed by atoms with E-state index in [1.54, 1.807) is 6.33 Å². The number of hydrogen-bond acceptors (Lipinski definition) is 8. The first-order valence-corrected chi connectivity index (χ1v) is 11.8. The second-order valence-corrected chi connectivity index (χ2v) is 9.13. The van der Waals surface area contributed by atoms with Crippen LogP contribution in [0.25, 0.3) is 11.2 Å². The zero-order valence-corrected chi connectivity index (χ0v) is 20.3. The van der Waals surface area contributed by atoms with E-state index in [0.717, 1.165) is 49.2 Å². The lowest BCUT2D eigenvalue weighted by molar-refractivity contribution is -0.139. The molecule has 1 amide bonds. The molecule has 0 aliphatic heterocycles. The number of carbonyl (C=O) groups excluding carboxylic acids is 1. The van der Waals surface area contributed by atoms with E-state index >= 15 is 0 Å². The number of amides is 1. The first kappa shape index (κ1) is 26.0. The maximum absolute atomic E-state index is 12.1. The topological polar surface area (TPSA) is 187 Å². The molecule has 1 aliphatic carbocycles. The second-order valence-electron chi connectivity index (χ2n) is 9.13. The number of aliphatic carboxylic acids is 1. The van der Waals surface area contributed by atoms with Crippen LogP contribution in [0.5, 0.6) is 0 Å². The van der Waals surface area contributed by atoms with E-state index in [4.69, 9.17) is 16.2 Å². The number of rotatable bonds is 11. The number of nitrogens with two attached hydrogens (primary N) is 2. The number of aliphatic imine (C=N–C) groups is 1. The number of anilines is 1. The van der Waals surface area contributed by atoms with E-state index in [2.05, 4.69) is 29.8 Å². The van der Waals surface area contributed by atoms with Gasteiger partial charge in [0.15, 0.2) is 22.9 Å². The van der Waals surface area contributed by atoms with Gasteiger partial charge in [-0.3, -0.25) is 4.99 Å². The average molecular weight is 490 g/mol. The minimum atomic E-state index is -1.12. The highest BCUT2D eigenvalue weighted by Gasteiger charge is 2.25. The van der Waals surface area contributed by atoms with Crippen molar-refractivity contribution in [1.29, 1.82) is 0 Å². The highest BCUT2D eigenvalue weighted by Crippen LogP contribution is 2.31. The van der Waals surface area contributed by atoms with Crippen LogP contribution in [0.15, 0.2) is 17.6 Å². The Kier molecular flexibility index (Phi) is 9.04. The molecular weight excluding hydrogens is 454 g/mol. The summed E-state index contributed by atoms with van der Waals surface area (Å²) in [5, 5.41) is 11.7. The van der Waals surface area contributed by atoms with Crippen LogP contribution < -0.4 is 21.7 Å². The predicted molar refractivity (Wildman–Crippen MR) is 131 cm³/mol. The van der Waals surface area contributed by atoms with E-state index in [1.807, 2.05) is 25.3 Å². The van der Waals surface area contributed by atoms with Gasteiger partial charge in [0.05, 0.1) is 12.9 Å². The molecule has 1 saturated carbocycles. The number of hydrogen-bond donors (Lipinski definition) is 4. The standard InChI is InChI=1S/C22H35N9O4/c1-30(2)18-17-19(27-12-26-18)31(13-28-17)10-14-5-7-15(8-6-14)11-35-22(34)29-16(20(32)33)4-3-9-25-21(23)24/h12-16H,3-11H2,1-2H3,(H,29,34)(H,32,33)(H4,23,24,25)/t14?,15?,16-/m1/s1. The Balaban J connectivity index is 1.41. The van der Waals surface area contributed by atoms with Crippen LogP contribution in [0.3, 0.4) is 0 Å². The summed E-state index contributed by atoms with van der Waals surface area (Å²) in [7, 11) is 3.86. The van der Waals surface area contributed by atoms with Gasteiger partial charge in [0.25, 0.3) is 0 Å². The first-order valence-electron chi connectivity index (χ1n) is 11.8. The molecule has 2 heterocycles. The van der Waals surface area contributed by atoms with Gasteiger partial charge in [-0.15, -0.1) is 0 Å². The lowest BCUT2D eigenvalue weighted by Gasteiger charge is -2.28. The second kappa shape index (κ2) is 12.2. The fourth-order valence-corrected chi connectivity index (χ4v) is 4.33. The fraction of sp³-hybridized carbons (Fsp3) is 0.636. The predicted octanol–water partition coefficient (Wildman–Crippen LogP) is 0.932. The quantitative estimate of drug-likeness (QED) is 0.201. The lowest BCUT2D eigenvalue weighted by Crippen LogP contribution is -2.41. The van der Waals surface area contributed by atoms with Crippen molar-refractivity contribution < 1.29 is 19.4 Å². The maximum Gasteiger partial charge on any atom is 0.407 e. The van der Waals surface area contributed by atoms with Crippen LogP contribution in [0.1, 0.15) is 38.5 Å². The third-order valence-electron chi connectivity index (χ3n) is 6.21. The summed E-state index contributed by atoms with van der Waals surface area (Å²) in [5.74, 6) is 0.361. The summed E-state index contributed by atoms with van der Waals surface area (Å²) in [6, 6.07) is -1.05. The van der Waals surface area contributed by atoms with Gasteiger partial charge in [-0.05, 0) is 50.4 Å². The zero-order valence-electron chi connectivity index (χ0n) is 20.3. The number of carbonyl (C=O) groups is 2. The molecule has 2 aromatic heterocycles. The van der Waals surface area contributed by atoms with Crippen LogP contribution in [0.2, 0.25) is 0 Å². The van der Waals surface area contributed by atoms with Crippen molar-refractivity contribution in [2.75, 3.05) is 32.1 Å². The number of aromatic nitrogens is 4. The van der Waals surface area contributed by atoms with Gasteiger partial charge in [-0.1, -0.05) is 0 Å². The number of alkyl carbamates (subject to hydrolysis) is 1. The third-order valence-corrected chi connectivity index (χ3v) is 6.21. The number of ether oxygens (including phenoxy) is 1. The van der Waals surface area contributed by atoms with E-state index < -0.39 is 18.1 Å². The van der Waals surface area contributed by atoms with Gasteiger partial charge in [-0.25, -0.2) is 24.5 Å².